The summed E-state index contributed by atoms with van der Waals surface area (Å²) in [6.07, 6.45) is 2.99. The number of pyridine rings is 1. The summed E-state index contributed by atoms with van der Waals surface area (Å²) >= 11 is 0. The third-order valence-electron chi connectivity index (χ3n) is 2.65. The number of aryl methyl sites for hydroxylation is 1. The van der Waals surface area contributed by atoms with Gasteiger partial charge in [0, 0.05) is 31.5 Å². The van der Waals surface area contributed by atoms with Crippen molar-refractivity contribution in [3.05, 3.63) is 29.1 Å². The van der Waals surface area contributed by atoms with Crippen molar-refractivity contribution in [3.63, 3.8) is 0 Å². The predicted molar refractivity (Wildman–Crippen MR) is 69.1 cm³/mol. The minimum absolute atomic E-state index is 0.723. The summed E-state index contributed by atoms with van der Waals surface area (Å²) in [5.41, 5.74) is 3.64. The summed E-state index contributed by atoms with van der Waals surface area (Å²) in [7, 11) is 1.73. The molecule has 0 bridgehead atoms. The molecule has 0 N–H and O–H groups in total. The van der Waals surface area contributed by atoms with Crippen LogP contribution in [-0.4, -0.2) is 25.3 Å². The summed E-state index contributed by atoms with van der Waals surface area (Å²) in [5, 5.41) is 0. The molecule has 1 aliphatic rings. The quantitative estimate of drug-likeness (QED) is 0.755. The van der Waals surface area contributed by atoms with Crippen LogP contribution in [0.15, 0.2) is 12.1 Å². The highest BCUT2D eigenvalue weighted by Crippen LogP contribution is 2.15. The number of methoxy groups -OCH3 is 1. The number of hydrogen-bond acceptors (Lipinski definition) is 3. The molecule has 0 saturated heterocycles. The van der Waals surface area contributed by atoms with Gasteiger partial charge in [-0.1, -0.05) is 19.9 Å². The van der Waals surface area contributed by atoms with Gasteiger partial charge in [0.05, 0.1) is 13.2 Å². The number of aromatic nitrogens is 1. The second kappa shape index (κ2) is 8.20. The maximum Gasteiger partial charge on any atom is 0.0734 e. The van der Waals surface area contributed by atoms with Crippen molar-refractivity contribution in [2.75, 3.05) is 20.3 Å². The molecule has 3 nitrogen and oxygen atoms in total. The Hall–Kier alpha value is -0.930. The van der Waals surface area contributed by atoms with E-state index >= 15 is 0 Å². The smallest absolute Gasteiger partial charge is 0.0734 e. The average molecular weight is 237 g/mol. The molecule has 1 aromatic rings. The Balaban J connectivity index is 0.000000686. The fourth-order valence-electron chi connectivity index (χ4n) is 1.81. The molecule has 0 saturated carbocycles. The fraction of sp³-hybridized carbons (Fsp3) is 0.643. The molecule has 0 spiro atoms. The Morgan fingerprint density at radius 3 is 2.94 bits per heavy atom. The van der Waals surface area contributed by atoms with Gasteiger partial charge in [-0.3, -0.25) is 4.98 Å². The molecule has 3 heteroatoms. The zero-order valence-electron chi connectivity index (χ0n) is 11.2. The van der Waals surface area contributed by atoms with Gasteiger partial charge in [0.1, 0.15) is 0 Å². The molecule has 0 unspecified atom stereocenters. The van der Waals surface area contributed by atoms with Crippen LogP contribution in [0, 0.1) is 0 Å². The van der Waals surface area contributed by atoms with Crippen LogP contribution in [0.3, 0.4) is 0 Å². The van der Waals surface area contributed by atoms with Crippen LogP contribution in [0.1, 0.15) is 37.2 Å². The first-order chi connectivity index (χ1) is 8.40. The van der Waals surface area contributed by atoms with Crippen molar-refractivity contribution in [2.24, 2.45) is 0 Å². The van der Waals surface area contributed by atoms with Crippen molar-refractivity contribution in [1.82, 2.24) is 4.98 Å². The summed E-state index contributed by atoms with van der Waals surface area (Å²) in [6.45, 7) is 6.34. The van der Waals surface area contributed by atoms with Crippen molar-refractivity contribution in [3.8, 4) is 0 Å². The Bertz CT molecular complexity index is 326. The maximum atomic E-state index is 5.37. The van der Waals surface area contributed by atoms with Crippen LogP contribution in [0.2, 0.25) is 0 Å². The van der Waals surface area contributed by atoms with Gasteiger partial charge in [0.2, 0.25) is 0 Å². The molecular weight excluding hydrogens is 214 g/mol. The molecule has 0 atom stereocenters. The third-order valence-corrected chi connectivity index (χ3v) is 2.65. The molecule has 0 aromatic carbocycles. The largest absolute Gasteiger partial charge is 0.385 e. The monoisotopic (exact) mass is 237 g/mol. The first-order valence-corrected chi connectivity index (χ1v) is 6.44. The lowest BCUT2D eigenvalue weighted by molar-refractivity contribution is 0.109. The Kier molecular flexibility index (Phi) is 6.82. The Morgan fingerprint density at radius 2 is 2.18 bits per heavy atom. The molecule has 1 aliphatic heterocycles. The van der Waals surface area contributed by atoms with Crippen LogP contribution in [0.4, 0.5) is 0 Å². The first kappa shape index (κ1) is 14.1. The Labute approximate surface area is 104 Å². The average Bonchev–Trinajstić information content (AvgIpc) is 2.41. The molecule has 2 heterocycles. The molecule has 0 fully saturated rings. The molecule has 2 rings (SSSR count). The zero-order valence-corrected chi connectivity index (χ0v) is 11.2. The minimum Gasteiger partial charge on any atom is -0.385 e. The van der Waals surface area contributed by atoms with Gasteiger partial charge in [0.15, 0.2) is 0 Å². The van der Waals surface area contributed by atoms with Gasteiger partial charge < -0.3 is 9.47 Å². The van der Waals surface area contributed by atoms with Crippen LogP contribution >= 0.6 is 0 Å². The highest BCUT2D eigenvalue weighted by atomic mass is 16.5. The van der Waals surface area contributed by atoms with Crippen LogP contribution in [-0.2, 0) is 28.9 Å². The molecule has 17 heavy (non-hydrogen) atoms. The van der Waals surface area contributed by atoms with Gasteiger partial charge >= 0.3 is 0 Å². The minimum atomic E-state index is 0.723. The van der Waals surface area contributed by atoms with E-state index in [-0.39, 0.29) is 0 Å². The molecule has 96 valence electrons. The fourth-order valence-corrected chi connectivity index (χ4v) is 1.81. The van der Waals surface area contributed by atoms with E-state index in [9.17, 15) is 0 Å². The standard InChI is InChI=1S/C12H17NO2.C2H6/c1-14-7-2-3-11-5-4-10-9-15-8-6-12(10)13-11;1-2/h4-5H,2-3,6-9H2,1H3;1-2H3. The summed E-state index contributed by atoms with van der Waals surface area (Å²) in [4.78, 5) is 4.65. The maximum absolute atomic E-state index is 5.37. The molecule has 1 aromatic heterocycles. The van der Waals surface area contributed by atoms with Gasteiger partial charge in [0.25, 0.3) is 0 Å². The van der Waals surface area contributed by atoms with E-state index in [1.165, 1.54) is 17.0 Å². The number of nitrogens with zero attached hydrogens (tertiary/aromatic N) is 1. The van der Waals surface area contributed by atoms with E-state index < -0.39 is 0 Å². The van der Waals surface area contributed by atoms with Crippen molar-refractivity contribution >= 4 is 0 Å². The van der Waals surface area contributed by atoms with Crippen molar-refractivity contribution in [2.45, 2.75) is 39.7 Å². The van der Waals surface area contributed by atoms with Crippen LogP contribution < -0.4 is 0 Å². The van der Waals surface area contributed by atoms with Crippen LogP contribution in [0.5, 0.6) is 0 Å². The lowest BCUT2D eigenvalue weighted by atomic mass is 10.1. The number of rotatable bonds is 4. The van der Waals surface area contributed by atoms with E-state index in [0.29, 0.717) is 0 Å². The van der Waals surface area contributed by atoms with Gasteiger partial charge in [-0.2, -0.15) is 0 Å². The van der Waals surface area contributed by atoms with Gasteiger partial charge in [-0.05, 0) is 24.5 Å². The highest BCUT2D eigenvalue weighted by molar-refractivity contribution is 5.24. The molecule has 0 aliphatic carbocycles. The summed E-state index contributed by atoms with van der Waals surface area (Å²) in [6, 6.07) is 4.24. The van der Waals surface area contributed by atoms with E-state index in [1.807, 2.05) is 13.8 Å². The second-order valence-corrected chi connectivity index (χ2v) is 3.81. The van der Waals surface area contributed by atoms with Crippen molar-refractivity contribution in [1.29, 1.82) is 0 Å². The Morgan fingerprint density at radius 1 is 1.35 bits per heavy atom. The van der Waals surface area contributed by atoms with E-state index in [2.05, 4.69) is 17.1 Å². The number of hydrogen-bond donors (Lipinski definition) is 0. The molecule has 0 radical (unpaired) electrons. The summed E-state index contributed by atoms with van der Waals surface area (Å²) in [5.74, 6) is 0. The number of fused-ring (bicyclic) bond motifs is 1. The lowest BCUT2D eigenvalue weighted by Crippen LogP contribution is -2.12. The third kappa shape index (κ3) is 4.44. The molecular formula is C14H23NO2. The summed E-state index contributed by atoms with van der Waals surface area (Å²) < 4.78 is 10.4. The molecule has 0 amide bonds. The SMILES string of the molecule is CC.COCCCc1ccc2c(n1)CCOC2. The topological polar surface area (TPSA) is 31.4 Å². The predicted octanol–water partition coefficient (Wildman–Crippen LogP) is 2.76. The normalized spacial score (nSPS) is 13.6. The highest BCUT2D eigenvalue weighted by Gasteiger charge is 2.10. The van der Waals surface area contributed by atoms with Gasteiger partial charge in [-0.15, -0.1) is 0 Å². The van der Waals surface area contributed by atoms with Crippen molar-refractivity contribution < 1.29 is 9.47 Å². The second-order valence-electron chi connectivity index (χ2n) is 3.81. The van der Waals surface area contributed by atoms with Crippen LogP contribution in [0.25, 0.3) is 0 Å². The van der Waals surface area contributed by atoms with E-state index in [0.717, 1.165) is 39.1 Å². The van der Waals surface area contributed by atoms with Gasteiger partial charge in [-0.25, -0.2) is 0 Å². The van der Waals surface area contributed by atoms with E-state index in [4.69, 9.17) is 9.47 Å². The van der Waals surface area contributed by atoms with E-state index in [1.54, 1.807) is 7.11 Å². The lowest BCUT2D eigenvalue weighted by Gasteiger charge is -2.16. The number of ether oxygens (including phenoxy) is 2. The first-order valence-electron chi connectivity index (χ1n) is 6.44. The zero-order chi connectivity index (χ0) is 12.5.